The molecule has 3 nitrogen and oxygen atoms in total. The third-order valence-corrected chi connectivity index (χ3v) is 3.12. The van der Waals surface area contributed by atoms with Gasteiger partial charge >= 0.3 is 0 Å². The van der Waals surface area contributed by atoms with Gasteiger partial charge in [-0.25, -0.2) is 0 Å². The highest BCUT2D eigenvalue weighted by molar-refractivity contribution is 6.42. The largest absolute Gasteiger partial charge is 0.395 e. The molecule has 0 spiro atoms. The van der Waals surface area contributed by atoms with Crippen molar-refractivity contribution >= 4 is 23.2 Å². The monoisotopic (exact) mass is 263 g/mol. The molecule has 0 aliphatic carbocycles. The molecule has 0 amide bonds. The van der Waals surface area contributed by atoms with Crippen molar-refractivity contribution in [3.8, 4) is 0 Å². The van der Waals surface area contributed by atoms with Crippen LogP contribution in [0, 0.1) is 0 Å². The first-order valence-corrected chi connectivity index (χ1v) is 5.81. The van der Waals surface area contributed by atoms with E-state index in [1.165, 1.54) is 0 Å². The van der Waals surface area contributed by atoms with Crippen LogP contribution in [0.1, 0.15) is 5.56 Å². The molecule has 90 valence electrons. The highest BCUT2D eigenvalue weighted by Crippen LogP contribution is 2.26. The fraction of sp³-hybridized carbons (Fsp3) is 0.455. The Kier molecular flexibility index (Phi) is 6.09. The number of rotatable bonds is 6. The summed E-state index contributed by atoms with van der Waals surface area (Å²) >= 11 is 12.0. The minimum absolute atomic E-state index is 0.0538. The van der Waals surface area contributed by atoms with Crippen LogP contribution in [0.2, 0.25) is 10.0 Å². The first kappa shape index (κ1) is 13.7. The van der Waals surface area contributed by atoms with Gasteiger partial charge in [0.1, 0.15) is 0 Å². The molecule has 0 fully saturated rings. The van der Waals surface area contributed by atoms with Crippen LogP contribution in [0.4, 0.5) is 0 Å². The molecule has 0 unspecified atom stereocenters. The van der Waals surface area contributed by atoms with Crippen LogP contribution in [-0.2, 0) is 6.54 Å². The van der Waals surface area contributed by atoms with E-state index in [0.717, 1.165) is 5.56 Å². The Morgan fingerprint density at radius 1 is 1.06 bits per heavy atom. The van der Waals surface area contributed by atoms with Crippen LogP contribution in [0.15, 0.2) is 18.2 Å². The minimum Gasteiger partial charge on any atom is -0.395 e. The molecule has 1 aromatic rings. The van der Waals surface area contributed by atoms with E-state index in [-0.39, 0.29) is 13.2 Å². The second-order valence-electron chi connectivity index (χ2n) is 3.44. The predicted molar refractivity (Wildman–Crippen MR) is 65.9 cm³/mol. The summed E-state index contributed by atoms with van der Waals surface area (Å²) in [6.45, 7) is 1.68. The van der Waals surface area contributed by atoms with E-state index in [1.54, 1.807) is 6.07 Å². The van der Waals surface area contributed by atoms with Gasteiger partial charge in [-0.05, 0) is 11.6 Å². The highest BCUT2D eigenvalue weighted by Gasteiger charge is 2.09. The van der Waals surface area contributed by atoms with Crippen molar-refractivity contribution in [3.05, 3.63) is 33.8 Å². The first-order valence-electron chi connectivity index (χ1n) is 5.06. The smallest absolute Gasteiger partial charge is 0.0637 e. The van der Waals surface area contributed by atoms with E-state index in [9.17, 15) is 0 Å². The maximum Gasteiger partial charge on any atom is 0.0637 e. The van der Waals surface area contributed by atoms with Crippen molar-refractivity contribution < 1.29 is 10.2 Å². The molecule has 0 atom stereocenters. The Morgan fingerprint density at radius 2 is 1.69 bits per heavy atom. The van der Waals surface area contributed by atoms with Crippen LogP contribution in [0.25, 0.3) is 0 Å². The Bertz CT molecular complexity index is 328. The van der Waals surface area contributed by atoms with E-state index < -0.39 is 0 Å². The molecule has 16 heavy (non-hydrogen) atoms. The maximum atomic E-state index is 8.88. The average molecular weight is 264 g/mol. The maximum absolute atomic E-state index is 8.88. The zero-order valence-corrected chi connectivity index (χ0v) is 10.4. The third-order valence-electron chi connectivity index (χ3n) is 2.26. The van der Waals surface area contributed by atoms with Crippen LogP contribution < -0.4 is 0 Å². The summed E-state index contributed by atoms with van der Waals surface area (Å²) in [4.78, 5) is 1.91. The second-order valence-corrected chi connectivity index (χ2v) is 4.22. The molecular formula is C11H15Cl2NO2. The lowest BCUT2D eigenvalue weighted by Crippen LogP contribution is -2.29. The zero-order valence-electron chi connectivity index (χ0n) is 8.87. The van der Waals surface area contributed by atoms with Crippen molar-refractivity contribution in [1.82, 2.24) is 4.90 Å². The van der Waals surface area contributed by atoms with Crippen molar-refractivity contribution in [1.29, 1.82) is 0 Å². The molecule has 0 heterocycles. The van der Waals surface area contributed by atoms with Gasteiger partial charge in [0.05, 0.1) is 23.3 Å². The van der Waals surface area contributed by atoms with E-state index in [0.29, 0.717) is 29.7 Å². The van der Waals surface area contributed by atoms with Gasteiger partial charge in [-0.1, -0.05) is 35.3 Å². The van der Waals surface area contributed by atoms with Crippen molar-refractivity contribution in [3.63, 3.8) is 0 Å². The third kappa shape index (κ3) is 3.92. The normalized spacial score (nSPS) is 11.1. The summed E-state index contributed by atoms with van der Waals surface area (Å²) in [5.41, 5.74) is 0.899. The average Bonchev–Trinajstić information content (AvgIpc) is 2.25. The number of aliphatic hydroxyl groups excluding tert-OH is 2. The summed E-state index contributed by atoms with van der Waals surface area (Å²) in [6, 6.07) is 5.45. The molecule has 0 saturated carbocycles. The molecule has 1 aromatic carbocycles. The van der Waals surface area contributed by atoms with Gasteiger partial charge in [0.25, 0.3) is 0 Å². The molecule has 0 aliphatic rings. The van der Waals surface area contributed by atoms with Gasteiger partial charge in [-0.15, -0.1) is 0 Å². The molecular weight excluding hydrogens is 249 g/mol. The summed E-state index contributed by atoms with van der Waals surface area (Å²) in [5, 5.41) is 18.8. The number of aliphatic hydroxyl groups is 2. The SMILES string of the molecule is OCCN(CCO)Cc1cccc(Cl)c1Cl. The lowest BCUT2D eigenvalue weighted by Gasteiger charge is -2.20. The summed E-state index contributed by atoms with van der Waals surface area (Å²) in [5.74, 6) is 0. The topological polar surface area (TPSA) is 43.7 Å². The number of halogens is 2. The van der Waals surface area contributed by atoms with Crippen molar-refractivity contribution in [2.24, 2.45) is 0 Å². The fourth-order valence-electron chi connectivity index (χ4n) is 1.46. The molecule has 0 bridgehead atoms. The lowest BCUT2D eigenvalue weighted by molar-refractivity contribution is 0.156. The highest BCUT2D eigenvalue weighted by atomic mass is 35.5. The zero-order chi connectivity index (χ0) is 12.0. The Hall–Kier alpha value is -0.320. The number of hydrogen-bond acceptors (Lipinski definition) is 3. The van der Waals surface area contributed by atoms with E-state index in [2.05, 4.69) is 0 Å². The quantitative estimate of drug-likeness (QED) is 0.823. The molecule has 2 N–H and O–H groups in total. The standard InChI is InChI=1S/C11H15Cl2NO2/c12-10-3-1-2-9(11(10)13)8-14(4-6-15)5-7-16/h1-3,15-16H,4-8H2. The first-order chi connectivity index (χ1) is 7.69. The molecule has 0 saturated heterocycles. The number of hydrogen-bond donors (Lipinski definition) is 2. The molecule has 0 radical (unpaired) electrons. The van der Waals surface area contributed by atoms with Crippen molar-refractivity contribution in [2.45, 2.75) is 6.54 Å². The van der Waals surface area contributed by atoms with Crippen LogP contribution >= 0.6 is 23.2 Å². The number of benzene rings is 1. The molecule has 0 aromatic heterocycles. The predicted octanol–water partition coefficient (Wildman–Crippen LogP) is 1.78. The summed E-state index contributed by atoms with van der Waals surface area (Å²) in [7, 11) is 0. The van der Waals surface area contributed by atoms with Crippen LogP contribution in [0.5, 0.6) is 0 Å². The van der Waals surface area contributed by atoms with Gasteiger partial charge in [-0.3, -0.25) is 4.90 Å². The van der Waals surface area contributed by atoms with Gasteiger partial charge in [0.2, 0.25) is 0 Å². The van der Waals surface area contributed by atoms with Crippen LogP contribution in [-0.4, -0.2) is 41.4 Å². The van der Waals surface area contributed by atoms with E-state index in [4.69, 9.17) is 33.4 Å². The van der Waals surface area contributed by atoms with Crippen molar-refractivity contribution in [2.75, 3.05) is 26.3 Å². The minimum atomic E-state index is 0.0538. The van der Waals surface area contributed by atoms with E-state index >= 15 is 0 Å². The molecule has 1 rings (SSSR count). The van der Waals surface area contributed by atoms with Gasteiger partial charge < -0.3 is 10.2 Å². The Morgan fingerprint density at radius 3 is 2.25 bits per heavy atom. The summed E-state index contributed by atoms with van der Waals surface area (Å²) in [6.07, 6.45) is 0. The Labute approximate surface area is 105 Å². The van der Waals surface area contributed by atoms with Gasteiger partial charge in [-0.2, -0.15) is 0 Å². The molecule has 0 aliphatic heterocycles. The van der Waals surface area contributed by atoms with Gasteiger partial charge in [0, 0.05) is 19.6 Å². The lowest BCUT2D eigenvalue weighted by atomic mass is 10.2. The van der Waals surface area contributed by atoms with E-state index in [1.807, 2.05) is 17.0 Å². The fourth-order valence-corrected chi connectivity index (χ4v) is 1.84. The molecule has 5 heteroatoms. The summed E-state index contributed by atoms with van der Waals surface area (Å²) < 4.78 is 0. The second kappa shape index (κ2) is 7.09. The Balaban J connectivity index is 2.72. The number of nitrogens with zero attached hydrogens (tertiary/aromatic N) is 1. The van der Waals surface area contributed by atoms with Gasteiger partial charge in [0.15, 0.2) is 0 Å². The van der Waals surface area contributed by atoms with Crippen LogP contribution in [0.3, 0.4) is 0 Å².